The van der Waals surface area contributed by atoms with E-state index in [1.165, 1.54) is 18.7 Å². The van der Waals surface area contributed by atoms with Crippen molar-refractivity contribution in [2.24, 2.45) is 0 Å². The van der Waals surface area contributed by atoms with Crippen LogP contribution in [0.25, 0.3) is 5.69 Å². The number of esters is 1. The molecule has 3 aromatic rings. The number of methoxy groups -OCH3 is 1. The van der Waals surface area contributed by atoms with Crippen molar-refractivity contribution in [2.75, 3.05) is 12.4 Å². The molecule has 0 aliphatic rings. The van der Waals surface area contributed by atoms with Crippen molar-refractivity contribution in [1.82, 2.24) is 9.78 Å². The summed E-state index contributed by atoms with van der Waals surface area (Å²) >= 11 is 5.90. The lowest BCUT2D eigenvalue weighted by molar-refractivity contribution is -0.123. The van der Waals surface area contributed by atoms with Crippen molar-refractivity contribution in [3.63, 3.8) is 0 Å². The van der Waals surface area contributed by atoms with Gasteiger partial charge in [-0.3, -0.25) is 4.79 Å². The Bertz CT molecular complexity index is 988. The fourth-order valence-electron chi connectivity index (χ4n) is 2.44. The van der Waals surface area contributed by atoms with Crippen LogP contribution in [0.2, 0.25) is 5.02 Å². The Hall–Kier alpha value is -3.32. The molecule has 1 amide bonds. The zero-order valence-corrected chi connectivity index (χ0v) is 16.0. The number of aromatic nitrogens is 2. The summed E-state index contributed by atoms with van der Waals surface area (Å²) < 4.78 is 12.0. The van der Waals surface area contributed by atoms with Crippen molar-refractivity contribution in [3.8, 4) is 11.4 Å². The van der Waals surface area contributed by atoms with Gasteiger partial charge < -0.3 is 14.8 Å². The lowest BCUT2D eigenvalue weighted by Gasteiger charge is -2.13. The first-order chi connectivity index (χ1) is 13.5. The number of halogens is 1. The number of hydrogen-bond acceptors (Lipinski definition) is 5. The lowest BCUT2D eigenvalue weighted by atomic mass is 10.3. The van der Waals surface area contributed by atoms with E-state index in [4.69, 9.17) is 21.1 Å². The van der Waals surface area contributed by atoms with Gasteiger partial charge in [0.1, 0.15) is 0 Å². The summed E-state index contributed by atoms with van der Waals surface area (Å²) in [5.74, 6) is -1.01. The van der Waals surface area contributed by atoms with Crippen LogP contribution in [0.1, 0.15) is 17.4 Å². The number of carbonyl (C=O) groups excluding carboxylic acids is 2. The second-order valence-corrected chi connectivity index (χ2v) is 6.31. The molecule has 0 aliphatic heterocycles. The topological polar surface area (TPSA) is 82.5 Å². The van der Waals surface area contributed by atoms with Gasteiger partial charge in [-0.25, -0.2) is 9.48 Å². The molecular formula is C20H18ClN3O4. The molecule has 8 heteroatoms. The van der Waals surface area contributed by atoms with Crippen LogP contribution < -0.4 is 10.1 Å². The lowest BCUT2D eigenvalue weighted by Crippen LogP contribution is -2.30. The number of nitrogens with one attached hydrogen (secondary N) is 1. The molecule has 1 atom stereocenters. The molecule has 1 heterocycles. The quantitative estimate of drug-likeness (QED) is 0.639. The highest BCUT2D eigenvalue weighted by Gasteiger charge is 2.25. The normalized spacial score (nSPS) is 11.5. The van der Waals surface area contributed by atoms with E-state index in [0.29, 0.717) is 10.7 Å². The van der Waals surface area contributed by atoms with Crippen LogP contribution >= 0.6 is 11.6 Å². The van der Waals surface area contributed by atoms with Crippen LogP contribution in [0, 0.1) is 0 Å². The maximum Gasteiger partial charge on any atom is 0.363 e. The SMILES string of the molecule is COc1cn(-c2ccccc2)nc1C(=O)O[C@H](C)C(=O)Nc1cccc(Cl)c1. The number of benzene rings is 2. The van der Waals surface area contributed by atoms with E-state index in [1.54, 1.807) is 30.5 Å². The molecule has 2 aromatic carbocycles. The second-order valence-electron chi connectivity index (χ2n) is 5.87. The summed E-state index contributed by atoms with van der Waals surface area (Å²) in [4.78, 5) is 24.8. The van der Waals surface area contributed by atoms with E-state index in [1.807, 2.05) is 30.3 Å². The molecule has 0 fully saturated rings. The van der Waals surface area contributed by atoms with Crippen molar-refractivity contribution in [1.29, 1.82) is 0 Å². The Labute approximate surface area is 166 Å². The second kappa shape index (κ2) is 8.58. The highest BCUT2D eigenvalue weighted by Crippen LogP contribution is 2.21. The maximum absolute atomic E-state index is 12.5. The molecule has 0 saturated heterocycles. The molecule has 0 spiro atoms. The van der Waals surface area contributed by atoms with Gasteiger partial charge in [0.2, 0.25) is 5.69 Å². The Morgan fingerprint density at radius 1 is 1.14 bits per heavy atom. The van der Waals surface area contributed by atoms with Gasteiger partial charge in [0, 0.05) is 10.7 Å². The number of amides is 1. The minimum absolute atomic E-state index is 0.0197. The van der Waals surface area contributed by atoms with Crippen molar-refractivity contribution in [2.45, 2.75) is 13.0 Å². The van der Waals surface area contributed by atoms with Gasteiger partial charge in [-0.15, -0.1) is 0 Å². The monoisotopic (exact) mass is 399 g/mol. The van der Waals surface area contributed by atoms with Crippen molar-refractivity contribution in [3.05, 3.63) is 71.5 Å². The van der Waals surface area contributed by atoms with Crippen LogP contribution in [-0.4, -0.2) is 34.9 Å². The molecule has 7 nitrogen and oxygen atoms in total. The summed E-state index contributed by atoms with van der Waals surface area (Å²) in [6, 6.07) is 15.9. The van der Waals surface area contributed by atoms with E-state index >= 15 is 0 Å². The Balaban J connectivity index is 1.71. The standard InChI is InChI=1S/C20H18ClN3O4/c1-13(19(25)22-15-8-6-7-14(21)11-15)28-20(26)18-17(27-2)12-24(23-18)16-9-4-3-5-10-16/h3-13H,1-2H3,(H,22,25)/t13-/m1/s1. The minimum atomic E-state index is -1.04. The predicted octanol–water partition coefficient (Wildman–Crippen LogP) is 3.72. The van der Waals surface area contributed by atoms with Crippen molar-refractivity contribution >= 4 is 29.2 Å². The summed E-state index contributed by atoms with van der Waals surface area (Å²) in [6.07, 6.45) is 0.529. The fraction of sp³-hybridized carbons (Fsp3) is 0.150. The Kier molecular flexibility index (Phi) is 5.96. The molecule has 1 N–H and O–H groups in total. The van der Waals surface area contributed by atoms with Gasteiger partial charge >= 0.3 is 5.97 Å². The average Bonchev–Trinajstić information content (AvgIpc) is 3.13. The van der Waals surface area contributed by atoms with E-state index in [2.05, 4.69) is 10.4 Å². The Morgan fingerprint density at radius 3 is 2.57 bits per heavy atom. The van der Waals surface area contributed by atoms with Gasteiger partial charge in [0.25, 0.3) is 5.91 Å². The molecule has 144 valence electrons. The van der Waals surface area contributed by atoms with E-state index in [-0.39, 0.29) is 11.4 Å². The van der Waals surface area contributed by atoms with E-state index in [0.717, 1.165) is 5.69 Å². The number of carbonyl (C=O) groups is 2. The summed E-state index contributed by atoms with van der Waals surface area (Å²) in [5, 5.41) is 7.35. The third-order valence-corrected chi connectivity index (χ3v) is 4.09. The average molecular weight is 400 g/mol. The van der Waals surface area contributed by atoms with Crippen LogP contribution in [0.3, 0.4) is 0 Å². The number of anilines is 1. The van der Waals surface area contributed by atoms with Gasteiger partial charge in [-0.1, -0.05) is 35.9 Å². The number of hydrogen-bond donors (Lipinski definition) is 1. The first-order valence-corrected chi connectivity index (χ1v) is 8.82. The van der Waals surface area contributed by atoms with Crippen LogP contribution in [0.4, 0.5) is 5.69 Å². The largest absolute Gasteiger partial charge is 0.493 e. The fourth-order valence-corrected chi connectivity index (χ4v) is 2.63. The molecule has 0 aliphatic carbocycles. The van der Waals surface area contributed by atoms with Gasteiger partial charge in [0.15, 0.2) is 11.9 Å². The molecule has 1 aromatic heterocycles. The van der Waals surface area contributed by atoms with Crippen LogP contribution in [0.5, 0.6) is 5.75 Å². The molecule has 0 saturated carbocycles. The molecular weight excluding hydrogens is 382 g/mol. The highest BCUT2D eigenvalue weighted by atomic mass is 35.5. The first kappa shape index (κ1) is 19.4. The van der Waals surface area contributed by atoms with Gasteiger partial charge in [-0.05, 0) is 37.3 Å². The van der Waals surface area contributed by atoms with Gasteiger partial charge in [-0.2, -0.15) is 5.10 Å². The highest BCUT2D eigenvalue weighted by molar-refractivity contribution is 6.30. The molecule has 0 unspecified atom stereocenters. The number of rotatable bonds is 6. The zero-order chi connectivity index (χ0) is 20.1. The summed E-state index contributed by atoms with van der Waals surface area (Å²) in [6.45, 7) is 1.47. The molecule has 28 heavy (non-hydrogen) atoms. The first-order valence-electron chi connectivity index (χ1n) is 8.44. The maximum atomic E-state index is 12.5. The van der Waals surface area contributed by atoms with Crippen molar-refractivity contribution < 1.29 is 19.1 Å². The molecule has 0 radical (unpaired) electrons. The third kappa shape index (κ3) is 4.50. The van der Waals surface area contributed by atoms with Gasteiger partial charge in [0.05, 0.1) is 19.0 Å². The molecule has 3 rings (SSSR count). The Morgan fingerprint density at radius 2 is 1.89 bits per heavy atom. The van der Waals surface area contributed by atoms with E-state index in [9.17, 15) is 9.59 Å². The summed E-state index contributed by atoms with van der Waals surface area (Å²) in [5.41, 5.74) is 1.24. The number of nitrogens with zero attached hydrogens (tertiary/aromatic N) is 2. The van der Waals surface area contributed by atoms with Crippen LogP contribution in [0.15, 0.2) is 60.8 Å². The third-order valence-electron chi connectivity index (χ3n) is 3.86. The number of para-hydroxylation sites is 1. The predicted molar refractivity (Wildman–Crippen MR) is 105 cm³/mol. The van der Waals surface area contributed by atoms with E-state index < -0.39 is 18.0 Å². The summed E-state index contributed by atoms with van der Waals surface area (Å²) in [7, 11) is 1.43. The number of ether oxygens (including phenoxy) is 2. The molecule has 0 bridgehead atoms. The van der Waals surface area contributed by atoms with Crippen LogP contribution in [-0.2, 0) is 9.53 Å². The minimum Gasteiger partial charge on any atom is -0.493 e. The smallest absolute Gasteiger partial charge is 0.363 e. The zero-order valence-electron chi connectivity index (χ0n) is 15.3.